The molecule has 1 fully saturated rings. The zero-order valence-electron chi connectivity index (χ0n) is 16.4. The number of hydrogen-bond donors (Lipinski definition) is 1. The maximum Gasteiger partial charge on any atom is 0.234 e. The van der Waals surface area contributed by atoms with Crippen molar-refractivity contribution < 1.29 is 17.6 Å². The average molecular weight is 448 g/mol. The minimum absolute atomic E-state index is 0.0528. The van der Waals surface area contributed by atoms with E-state index in [9.17, 15) is 17.6 Å². The van der Waals surface area contributed by atoms with Crippen molar-refractivity contribution in [1.82, 2.24) is 0 Å². The quantitative estimate of drug-likeness (QED) is 0.762. The first kappa shape index (κ1) is 20.9. The van der Waals surface area contributed by atoms with Crippen molar-refractivity contribution in [1.29, 1.82) is 0 Å². The van der Waals surface area contributed by atoms with Crippen molar-refractivity contribution >= 4 is 44.0 Å². The number of nitrogens with one attached hydrogen (secondary N) is 1. The van der Waals surface area contributed by atoms with E-state index >= 15 is 0 Å². The fourth-order valence-corrected chi connectivity index (χ4v) is 6.59. The van der Waals surface area contributed by atoms with Crippen LogP contribution in [0.2, 0.25) is 0 Å². The van der Waals surface area contributed by atoms with Gasteiger partial charge < -0.3 is 10.2 Å². The molecule has 9 heteroatoms. The summed E-state index contributed by atoms with van der Waals surface area (Å²) in [4.78, 5) is 18.7. The summed E-state index contributed by atoms with van der Waals surface area (Å²) in [5.41, 5.74) is 2.10. The average Bonchev–Trinajstić information content (AvgIpc) is 3.18. The molecule has 2 aromatic carbocycles. The summed E-state index contributed by atoms with van der Waals surface area (Å²) < 4.78 is 38.7. The number of carbonyl (C=O) groups is 1. The van der Waals surface area contributed by atoms with E-state index in [4.69, 9.17) is 0 Å². The van der Waals surface area contributed by atoms with E-state index in [-0.39, 0.29) is 28.9 Å². The van der Waals surface area contributed by atoms with E-state index in [0.717, 1.165) is 17.7 Å². The molecule has 1 saturated heterocycles. The Hall–Kier alpha value is -2.39. The Morgan fingerprint density at radius 3 is 2.70 bits per heavy atom. The van der Waals surface area contributed by atoms with Gasteiger partial charge in [-0.3, -0.25) is 9.79 Å². The van der Waals surface area contributed by atoms with Gasteiger partial charge in [0, 0.05) is 5.69 Å². The number of benzene rings is 2. The Bertz CT molecular complexity index is 1100. The molecule has 2 atom stereocenters. The Labute approximate surface area is 179 Å². The van der Waals surface area contributed by atoms with Crippen LogP contribution in [0.15, 0.2) is 53.5 Å². The number of hydrogen-bond acceptors (Lipinski definition) is 6. The van der Waals surface area contributed by atoms with Crippen LogP contribution in [-0.4, -0.2) is 48.8 Å². The molecule has 0 saturated carbocycles. The van der Waals surface area contributed by atoms with Crippen molar-refractivity contribution in [3.05, 3.63) is 59.9 Å². The number of rotatable bonds is 5. The minimum Gasteiger partial charge on any atom is -0.325 e. The van der Waals surface area contributed by atoms with Crippen LogP contribution >= 0.6 is 11.8 Å². The van der Waals surface area contributed by atoms with Gasteiger partial charge in [-0.25, -0.2) is 12.8 Å². The van der Waals surface area contributed by atoms with Crippen LogP contribution in [-0.2, 0) is 21.1 Å². The fraction of sp³-hybridized carbons (Fsp3) is 0.333. The second kappa shape index (κ2) is 8.39. The van der Waals surface area contributed by atoms with Crippen molar-refractivity contribution in [2.75, 3.05) is 27.5 Å². The van der Waals surface area contributed by atoms with Gasteiger partial charge in [-0.1, -0.05) is 49.0 Å². The van der Waals surface area contributed by atoms with E-state index in [1.54, 1.807) is 23.1 Å². The maximum atomic E-state index is 14.5. The molecule has 0 bridgehead atoms. The summed E-state index contributed by atoms with van der Waals surface area (Å²) in [7, 11) is -3.22. The molecular formula is C21H22FN3O3S2. The molecule has 30 heavy (non-hydrogen) atoms. The smallest absolute Gasteiger partial charge is 0.234 e. The lowest BCUT2D eigenvalue weighted by Gasteiger charge is -2.26. The van der Waals surface area contributed by atoms with Crippen LogP contribution in [0, 0.1) is 5.82 Å². The molecule has 1 amide bonds. The number of amides is 1. The highest BCUT2D eigenvalue weighted by Gasteiger charge is 2.47. The van der Waals surface area contributed by atoms with Crippen molar-refractivity contribution in [3.8, 4) is 0 Å². The number of halogens is 1. The lowest BCUT2D eigenvalue weighted by Crippen LogP contribution is -2.40. The fourth-order valence-electron chi connectivity index (χ4n) is 3.83. The molecule has 0 aromatic heterocycles. The van der Waals surface area contributed by atoms with Gasteiger partial charge in [0.1, 0.15) is 5.82 Å². The summed E-state index contributed by atoms with van der Waals surface area (Å²) in [6.07, 6.45) is 0.801. The number of para-hydroxylation sites is 2. The van der Waals surface area contributed by atoms with E-state index in [2.05, 4.69) is 10.3 Å². The first-order valence-corrected chi connectivity index (χ1v) is 12.5. The van der Waals surface area contributed by atoms with E-state index in [1.165, 1.54) is 17.8 Å². The van der Waals surface area contributed by atoms with Crippen molar-refractivity contribution in [3.63, 3.8) is 0 Å². The van der Waals surface area contributed by atoms with Gasteiger partial charge in [-0.05, 0) is 30.2 Å². The second-order valence-corrected chi connectivity index (χ2v) is 10.4. The topological polar surface area (TPSA) is 78.8 Å². The number of fused-ring (bicyclic) bond motifs is 1. The number of aryl methyl sites for hydroxylation is 1. The molecule has 0 radical (unpaired) electrons. The lowest BCUT2D eigenvalue weighted by atomic mass is 10.1. The highest BCUT2D eigenvalue weighted by Crippen LogP contribution is 2.36. The van der Waals surface area contributed by atoms with Gasteiger partial charge >= 0.3 is 0 Å². The molecular weight excluding hydrogens is 425 g/mol. The van der Waals surface area contributed by atoms with Crippen LogP contribution in [0.5, 0.6) is 0 Å². The SMILES string of the molecule is CCc1ccccc1NC(=O)CSC1=NC2CS(=O)(=O)CC2N1c1ccccc1F. The Balaban J connectivity index is 1.52. The second-order valence-electron chi connectivity index (χ2n) is 7.29. The van der Waals surface area contributed by atoms with Crippen LogP contribution in [0.3, 0.4) is 0 Å². The largest absolute Gasteiger partial charge is 0.325 e. The van der Waals surface area contributed by atoms with Gasteiger partial charge in [0.15, 0.2) is 15.0 Å². The summed E-state index contributed by atoms with van der Waals surface area (Å²) in [6.45, 7) is 2.02. The zero-order chi connectivity index (χ0) is 21.3. The van der Waals surface area contributed by atoms with Gasteiger partial charge in [0.25, 0.3) is 0 Å². The molecule has 4 rings (SSSR count). The molecule has 1 N–H and O–H groups in total. The van der Waals surface area contributed by atoms with E-state index in [0.29, 0.717) is 5.17 Å². The number of aliphatic imine (C=N–C) groups is 1. The number of nitrogens with zero attached hydrogens (tertiary/aromatic N) is 2. The predicted molar refractivity (Wildman–Crippen MR) is 119 cm³/mol. The molecule has 2 aliphatic heterocycles. The number of sulfone groups is 1. The van der Waals surface area contributed by atoms with Gasteiger partial charge in [0.05, 0.1) is 35.0 Å². The molecule has 0 aliphatic carbocycles. The van der Waals surface area contributed by atoms with Crippen molar-refractivity contribution in [2.24, 2.45) is 4.99 Å². The Morgan fingerprint density at radius 1 is 1.20 bits per heavy atom. The summed E-state index contributed by atoms with van der Waals surface area (Å²) in [6, 6.07) is 12.9. The van der Waals surface area contributed by atoms with Gasteiger partial charge in [0.2, 0.25) is 5.91 Å². The third-order valence-corrected chi connectivity index (χ3v) is 7.89. The Morgan fingerprint density at radius 2 is 1.93 bits per heavy atom. The third-order valence-electron chi connectivity index (χ3n) is 5.22. The van der Waals surface area contributed by atoms with Crippen LogP contribution in [0.1, 0.15) is 12.5 Å². The summed E-state index contributed by atoms with van der Waals surface area (Å²) in [5, 5.41) is 3.39. The van der Waals surface area contributed by atoms with Crippen LogP contribution in [0.4, 0.5) is 15.8 Å². The summed E-state index contributed by atoms with van der Waals surface area (Å²) in [5.74, 6) is -0.675. The standard InChI is InChI=1S/C21H22FN3O3S2/c1-2-14-7-3-5-9-16(14)23-20(26)11-29-21-24-17-12-30(27,28)13-19(17)25(21)18-10-6-4-8-15(18)22/h3-10,17,19H,2,11-13H2,1H3,(H,23,26). The van der Waals surface area contributed by atoms with Gasteiger partial charge in [-0.2, -0.15) is 0 Å². The molecule has 2 aromatic rings. The maximum absolute atomic E-state index is 14.5. The Kier molecular flexibility index (Phi) is 5.84. The predicted octanol–water partition coefficient (Wildman–Crippen LogP) is 3.10. The normalized spacial score (nSPS) is 21.9. The number of carbonyl (C=O) groups excluding carboxylic acids is 1. The molecule has 158 valence electrons. The number of anilines is 2. The molecule has 2 heterocycles. The minimum atomic E-state index is -3.22. The molecule has 2 aliphatic rings. The third kappa shape index (κ3) is 4.22. The zero-order valence-corrected chi connectivity index (χ0v) is 18.0. The molecule has 0 spiro atoms. The van der Waals surface area contributed by atoms with Crippen LogP contribution < -0.4 is 10.2 Å². The first-order valence-electron chi connectivity index (χ1n) is 9.70. The molecule has 6 nitrogen and oxygen atoms in total. The van der Waals surface area contributed by atoms with Gasteiger partial charge in [-0.15, -0.1) is 0 Å². The van der Waals surface area contributed by atoms with Crippen molar-refractivity contribution in [2.45, 2.75) is 25.4 Å². The van der Waals surface area contributed by atoms with Crippen LogP contribution in [0.25, 0.3) is 0 Å². The number of thioether (sulfide) groups is 1. The summed E-state index contributed by atoms with van der Waals surface area (Å²) >= 11 is 1.20. The van der Waals surface area contributed by atoms with E-state index in [1.807, 2.05) is 31.2 Å². The lowest BCUT2D eigenvalue weighted by molar-refractivity contribution is -0.113. The first-order chi connectivity index (χ1) is 14.4. The molecule has 2 unspecified atom stereocenters. The monoisotopic (exact) mass is 447 g/mol. The highest BCUT2D eigenvalue weighted by molar-refractivity contribution is 8.14. The highest BCUT2D eigenvalue weighted by atomic mass is 32.2. The number of amidine groups is 1. The van der Waals surface area contributed by atoms with E-state index < -0.39 is 27.7 Å².